The van der Waals surface area contributed by atoms with Gasteiger partial charge in [0.15, 0.2) is 11.5 Å². The van der Waals surface area contributed by atoms with Crippen LogP contribution in [0.3, 0.4) is 0 Å². The SMILES string of the molecule is O=C(NCC1CCOC1)c1cc(COCc2ccc(F)cc2F)on1. The Morgan fingerprint density at radius 3 is 2.96 bits per heavy atom. The Kier molecular flexibility index (Phi) is 5.72. The van der Waals surface area contributed by atoms with E-state index in [1.807, 2.05) is 0 Å². The van der Waals surface area contributed by atoms with Gasteiger partial charge in [0.1, 0.15) is 18.2 Å². The minimum absolute atomic E-state index is 0.0214. The van der Waals surface area contributed by atoms with Gasteiger partial charge >= 0.3 is 0 Å². The Hall–Kier alpha value is -2.32. The fourth-order valence-corrected chi connectivity index (χ4v) is 2.46. The molecule has 0 bridgehead atoms. The second-order valence-corrected chi connectivity index (χ2v) is 5.85. The maximum absolute atomic E-state index is 13.5. The van der Waals surface area contributed by atoms with E-state index < -0.39 is 11.6 Å². The van der Waals surface area contributed by atoms with Gasteiger partial charge < -0.3 is 19.3 Å². The van der Waals surface area contributed by atoms with E-state index in [0.717, 1.165) is 25.2 Å². The topological polar surface area (TPSA) is 73.6 Å². The Morgan fingerprint density at radius 2 is 2.20 bits per heavy atom. The third-order valence-electron chi connectivity index (χ3n) is 3.88. The Bertz CT molecular complexity index is 729. The van der Waals surface area contributed by atoms with Gasteiger partial charge in [0.2, 0.25) is 0 Å². The first-order chi connectivity index (χ1) is 12.1. The van der Waals surface area contributed by atoms with Crippen molar-refractivity contribution in [2.75, 3.05) is 19.8 Å². The lowest BCUT2D eigenvalue weighted by atomic mass is 10.1. The number of benzene rings is 1. The van der Waals surface area contributed by atoms with Gasteiger partial charge in [-0.05, 0) is 12.5 Å². The second kappa shape index (κ2) is 8.17. The molecule has 6 nitrogen and oxygen atoms in total. The highest BCUT2D eigenvalue weighted by atomic mass is 19.1. The Morgan fingerprint density at radius 1 is 1.32 bits per heavy atom. The summed E-state index contributed by atoms with van der Waals surface area (Å²) in [6.45, 7) is 1.88. The number of halogens is 2. The van der Waals surface area contributed by atoms with Crippen molar-refractivity contribution in [2.45, 2.75) is 19.6 Å². The van der Waals surface area contributed by atoms with Crippen LogP contribution in [0.5, 0.6) is 0 Å². The molecular formula is C17H18F2N2O4. The van der Waals surface area contributed by atoms with E-state index in [4.69, 9.17) is 14.0 Å². The number of rotatable bonds is 7. The molecule has 0 saturated carbocycles. The van der Waals surface area contributed by atoms with E-state index in [1.54, 1.807) is 0 Å². The predicted octanol–water partition coefficient (Wildman–Crippen LogP) is 2.44. The third kappa shape index (κ3) is 4.83. The van der Waals surface area contributed by atoms with Gasteiger partial charge in [-0.25, -0.2) is 8.78 Å². The summed E-state index contributed by atoms with van der Waals surface area (Å²) in [6.07, 6.45) is 0.929. The van der Waals surface area contributed by atoms with Crippen molar-refractivity contribution in [3.05, 3.63) is 52.9 Å². The highest BCUT2D eigenvalue weighted by molar-refractivity contribution is 5.92. The molecule has 8 heteroatoms. The minimum atomic E-state index is -0.673. The van der Waals surface area contributed by atoms with Crippen LogP contribution in [-0.4, -0.2) is 30.8 Å². The number of amides is 1. The first-order valence-corrected chi connectivity index (χ1v) is 7.95. The maximum atomic E-state index is 13.5. The lowest BCUT2D eigenvalue weighted by Crippen LogP contribution is -2.29. The molecule has 1 aliphatic heterocycles. The van der Waals surface area contributed by atoms with E-state index in [9.17, 15) is 13.6 Å². The number of ether oxygens (including phenoxy) is 2. The first kappa shape index (κ1) is 17.5. The Balaban J connectivity index is 1.45. The maximum Gasteiger partial charge on any atom is 0.273 e. The van der Waals surface area contributed by atoms with Gasteiger partial charge in [0.05, 0.1) is 13.2 Å². The molecule has 1 aromatic heterocycles. The molecular weight excluding hydrogens is 334 g/mol. The van der Waals surface area contributed by atoms with Crippen LogP contribution in [0.4, 0.5) is 8.78 Å². The van der Waals surface area contributed by atoms with Gasteiger partial charge in [0.25, 0.3) is 5.91 Å². The summed E-state index contributed by atoms with van der Waals surface area (Å²) in [6, 6.07) is 4.75. The monoisotopic (exact) mass is 352 g/mol. The summed E-state index contributed by atoms with van der Waals surface area (Å²) in [4.78, 5) is 12.0. The molecule has 3 rings (SSSR count). The number of hydrogen-bond acceptors (Lipinski definition) is 5. The van der Waals surface area contributed by atoms with Crippen LogP contribution in [0.15, 0.2) is 28.8 Å². The fourth-order valence-electron chi connectivity index (χ4n) is 2.46. The predicted molar refractivity (Wildman–Crippen MR) is 82.6 cm³/mol. The molecule has 1 atom stereocenters. The van der Waals surface area contributed by atoms with Crippen molar-refractivity contribution in [3.8, 4) is 0 Å². The summed E-state index contributed by atoms with van der Waals surface area (Å²) < 4.78 is 41.9. The fraction of sp³-hybridized carbons (Fsp3) is 0.412. The third-order valence-corrected chi connectivity index (χ3v) is 3.88. The zero-order chi connectivity index (χ0) is 17.6. The van der Waals surface area contributed by atoms with E-state index in [1.165, 1.54) is 12.1 Å². The van der Waals surface area contributed by atoms with Crippen LogP contribution >= 0.6 is 0 Å². The van der Waals surface area contributed by atoms with Crippen LogP contribution in [0.25, 0.3) is 0 Å². The molecule has 0 spiro atoms. The van der Waals surface area contributed by atoms with Gasteiger partial charge in [0, 0.05) is 36.8 Å². The number of nitrogens with zero attached hydrogens (tertiary/aromatic N) is 1. The molecule has 0 radical (unpaired) electrons. The van der Waals surface area contributed by atoms with Crippen molar-refractivity contribution in [2.24, 2.45) is 5.92 Å². The number of nitrogens with one attached hydrogen (secondary N) is 1. The van der Waals surface area contributed by atoms with Gasteiger partial charge in [-0.3, -0.25) is 4.79 Å². The van der Waals surface area contributed by atoms with Crippen LogP contribution in [0.2, 0.25) is 0 Å². The molecule has 2 aromatic rings. The molecule has 1 unspecified atom stereocenters. The lowest BCUT2D eigenvalue weighted by Gasteiger charge is -2.07. The lowest BCUT2D eigenvalue weighted by molar-refractivity contribution is 0.0858. The van der Waals surface area contributed by atoms with E-state index >= 15 is 0 Å². The van der Waals surface area contributed by atoms with Crippen LogP contribution < -0.4 is 5.32 Å². The normalized spacial score (nSPS) is 17.0. The van der Waals surface area contributed by atoms with Gasteiger partial charge in [-0.2, -0.15) is 0 Å². The molecule has 1 saturated heterocycles. The average Bonchev–Trinajstić information content (AvgIpc) is 3.26. The van der Waals surface area contributed by atoms with Crippen molar-refractivity contribution >= 4 is 5.91 Å². The molecule has 2 heterocycles. The van der Waals surface area contributed by atoms with Crippen LogP contribution in [-0.2, 0) is 22.7 Å². The molecule has 1 fully saturated rings. The van der Waals surface area contributed by atoms with Crippen molar-refractivity contribution in [3.63, 3.8) is 0 Å². The summed E-state index contributed by atoms with van der Waals surface area (Å²) in [7, 11) is 0. The number of aromatic nitrogens is 1. The van der Waals surface area contributed by atoms with Gasteiger partial charge in [-0.15, -0.1) is 0 Å². The summed E-state index contributed by atoms with van der Waals surface area (Å²) in [5.41, 5.74) is 0.392. The smallest absolute Gasteiger partial charge is 0.273 e. The molecule has 134 valence electrons. The van der Waals surface area contributed by atoms with Crippen LogP contribution in [0.1, 0.15) is 28.2 Å². The number of hydrogen-bond donors (Lipinski definition) is 1. The van der Waals surface area contributed by atoms with E-state index in [0.29, 0.717) is 24.8 Å². The zero-order valence-corrected chi connectivity index (χ0v) is 13.5. The van der Waals surface area contributed by atoms with Gasteiger partial charge in [-0.1, -0.05) is 11.2 Å². The highest BCUT2D eigenvalue weighted by Crippen LogP contribution is 2.13. The number of carbonyl (C=O) groups excluding carboxylic acids is 1. The molecule has 1 N–H and O–H groups in total. The highest BCUT2D eigenvalue weighted by Gasteiger charge is 2.18. The number of carbonyl (C=O) groups is 1. The average molecular weight is 352 g/mol. The quantitative estimate of drug-likeness (QED) is 0.829. The first-order valence-electron chi connectivity index (χ1n) is 7.95. The summed E-state index contributed by atoms with van der Waals surface area (Å²) >= 11 is 0. The summed E-state index contributed by atoms with van der Waals surface area (Å²) in [5, 5.41) is 6.48. The summed E-state index contributed by atoms with van der Waals surface area (Å²) in [5.74, 6) is -0.975. The van der Waals surface area contributed by atoms with Crippen molar-refractivity contribution in [1.29, 1.82) is 0 Å². The molecule has 1 aromatic carbocycles. The molecule has 0 aliphatic carbocycles. The van der Waals surface area contributed by atoms with E-state index in [-0.39, 0.29) is 30.4 Å². The molecule has 25 heavy (non-hydrogen) atoms. The minimum Gasteiger partial charge on any atom is -0.381 e. The second-order valence-electron chi connectivity index (χ2n) is 5.85. The zero-order valence-electron chi connectivity index (χ0n) is 13.5. The largest absolute Gasteiger partial charge is 0.381 e. The molecule has 1 amide bonds. The Labute approximate surface area is 143 Å². The van der Waals surface area contributed by atoms with E-state index in [2.05, 4.69) is 10.5 Å². The standard InChI is InChI=1S/C17H18F2N2O4/c18-13-2-1-12(15(19)5-13)9-24-10-14-6-16(21-25-14)17(22)20-7-11-3-4-23-8-11/h1-2,5-6,11H,3-4,7-10H2,(H,20,22). The van der Waals surface area contributed by atoms with Crippen molar-refractivity contribution < 1.29 is 27.6 Å². The molecule has 1 aliphatic rings. The van der Waals surface area contributed by atoms with Crippen LogP contribution in [0, 0.1) is 17.6 Å². The van der Waals surface area contributed by atoms with Crippen molar-refractivity contribution in [1.82, 2.24) is 10.5 Å².